The molecule has 0 saturated carbocycles. The SMILES string of the molecule is CCCCCCCCC=CCCCCCCCCCC(=O)OC(=O)CCCCCCCCCCCCCCC. The van der Waals surface area contributed by atoms with Gasteiger partial charge in [-0.2, -0.15) is 0 Å². The van der Waals surface area contributed by atoms with Crippen LogP contribution in [0.4, 0.5) is 0 Å². The fourth-order valence-corrected chi connectivity index (χ4v) is 5.21. The maximum Gasteiger partial charge on any atom is 0.313 e. The van der Waals surface area contributed by atoms with Crippen LogP contribution in [0.2, 0.25) is 0 Å². The van der Waals surface area contributed by atoms with Crippen LogP contribution in [0.5, 0.6) is 0 Å². The maximum absolute atomic E-state index is 11.9. The van der Waals surface area contributed by atoms with Gasteiger partial charge in [-0.3, -0.25) is 9.59 Å². The van der Waals surface area contributed by atoms with Crippen molar-refractivity contribution in [3.05, 3.63) is 12.2 Å². The monoisotopic (exact) mass is 549 g/mol. The Balaban J connectivity index is 3.32. The second-order valence-electron chi connectivity index (χ2n) is 11.9. The first-order valence-electron chi connectivity index (χ1n) is 17.6. The predicted octanol–water partition coefficient (Wildman–Crippen LogP) is 12.4. The largest absolute Gasteiger partial charge is 0.393 e. The van der Waals surface area contributed by atoms with E-state index in [1.54, 1.807) is 0 Å². The average molecular weight is 549 g/mol. The van der Waals surface area contributed by atoms with Crippen LogP contribution in [-0.4, -0.2) is 11.9 Å². The van der Waals surface area contributed by atoms with Gasteiger partial charge in [0.1, 0.15) is 0 Å². The zero-order valence-corrected chi connectivity index (χ0v) is 26.6. The van der Waals surface area contributed by atoms with Gasteiger partial charge >= 0.3 is 11.9 Å². The summed E-state index contributed by atoms with van der Waals surface area (Å²) < 4.78 is 5.00. The Morgan fingerprint density at radius 1 is 0.385 bits per heavy atom. The highest BCUT2D eigenvalue weighted by atomic mass is 16.6. The summed E-state index contributed by atoms with van der Waals surface area (Å²) in [4.78, 5) is 23.8. The molecule has 0 N–H and O–H groups in total. The Labute approximate surface area is 244 Å². The molecule has 0 aliphatic carbocycles. The lowest BCUT2D eigenvalue weighted by Crippen LogP contribution is -2.11. The molecule has 0 radical (unpaired) electrons. The van der Waals surface area contributed by atoms with Crippen LogP contribution in [0.3, 0.4) is 0 Å². The summed E-state index contributed by atoms with van der Waals surface area (Å²) in [5, 5.41) is 0. The number of carbonyl (C=O) groups excluding carboxylic acids is 2. The molecule has 3 heteroatoms. The lowest BCUT2D eigenvalue weighted by Gasteiger charge is -2.04. The first kappa shape index (κ1) is 37.9. The van der Waals surface area contributed by atoms with Crippen molar-refractivity contribution in [1.82, 2.24) is 0 Å². The Morgan fingerprint density at radius 3 is 0.949 bits per heavy atom. The van der Waals surface area contributed by atoms with Gasteiger partial charge in [-0.05, 0) is 38.5 Å². The molecule has 0 aliphatic heterocycles. The second kappa shape index (κ2) is 33.1. The number of carbonyl (C=O) groups is 2. The fraction of sp³-hybridized carbons (Fsp3) is 0.889. The average Bonchev–Trinajstić information content (AvgIpc) is 2.93. The Morgan fingerprint density at radius 2 is 0.641 bits per heavy atom. The third-order valence-electron chi connectivity index (χ3n) is 7.85. The molecule has 0 atom stereocenters. The van der Waals surface area contributed by atoms with E-state index in [0.29, 0.717) is 12.8 Å². The molecule has 0 bridgehead atoms. The van der Waals surface area contributed by atoms with Gasteiger partial charge in [0, 0.05) is 12.8 Å². The topological polar surface area (TPSA) is 43.4 Å². The Bertz CT molecular complexity index is 539. The molecule has 0 spiro atoms. The van der Waals surface area contributed by atoms with Crippen molar-refractivity contribution in [2.45, 2.75) is 206 Å². The van der Waals surface area contributed by atoms with E-state index < -0.39 is 0 Å². The summed E-state index contributed by atoms with van der Waals surface area (Å²) in [6, 6.07) is 0. The zero-order valence-electron chi connectivity index (χ0n) is 26.6. The molecule has 0 unspecified atom stereocenters. The summed E-state index contributed by atoms with van der Waals surface area (Å²) in [5.74, 6) is -0.661. The summed E-state index contributed by atoms with van der Waals surface area (Å²) in [7, 11) is 0. The van der Waals surface area contributed by atoms with E-state index >= 15 is 0 Å². The number of unbranched alkanes of at least 4 members (excludes halogenated alkanes) is 25. The van der Waals surface area contributed by atoms with Gasteiger partial charge in [-0.25, -0.2) is 0 Å². The number of hydrogen-bond donors (Lipinski definition) is 0. The van der Waals surface area contributed by atoms with Gasteiger partial charge in [-0.1, -0.05) is 167 Å². The summed E-state index contributed by atoms with van der Waals surface area (Å²) >= 11 is 0. The fourth-order valence-electron chi connectivity index (χ4n) is 5.21. The summed E-state index contributed by atoms with van der Waals surface area (Å²) in [6.45, 7) is 4.54. The van der Waals surface area contributed by atoms with Gasteiger partial charge in [0.25, 0.3) is 0 Å². The van der Waals surface area contributed by atoms with Crippen molar-refractivity contribution in [3.8, 4) is 0 Å². The first-order chi connectivity index (χ1) is 19.2. The lowest BCUT2D eigenvalue weighted by molar-refractivity contribution is -0.159. The minimum atomic E-state index is -0.331. The van der Waals surface area contributed by atoms with Gasteiger partial charge in [0.2, 0.25) is 0 Å². The smallest absolute Gasteiger partial charge is 0.313 e. The zero-order chi connectivity index (χ0) is 28.5. The molecule has 0 aromatic carbocycles. The number of rotatable bonds is 31. The van der Waals surface area contributed by atoms with Crippen molar-refractivity contribution in [1.29, 1.82) is 0 Å². The third-order valence-corrected chi connectivity index (χ3v) is 7.85. The van der Waals surface area contributed by atoms with E-state index in [9.17, 15) is 9.59 Å². The third kappa shape index (κ3) is 33.0. The van der Waals surface area contributed by atoms with Crippen LogP contribution in [0.25, 0.3) is 0 Å². The van der Waals surface area contributed by atoms with E-state index in [2.05, 4.69) is 26.0 Å². The van der Waals surface area contributed by atoms with Gasteiger partial charge in [-0.15, -0.1) is 0 Å². The molecule has 0 aliphatic rings. The second-order valence-corrected chi connectivity index (χ2v) is 11.9. The lowest BCUT2D eigenvalue weighted by atomic mass is 10.0. The number of hydrogen-bond acceptors (Lipinski definition) is 3. The predicted molar refractivity (Wildman–Crippen MR) is 170 cm³/mol. The summed E-state index contributed by atoms with van der Waals surface area (Å²) in [6.07, 6.45) is 41.2. The number of ether oxygens (including phenoxy) is 1. The standard InChI is InChI=1S/C36H68O3/c1-3-5-7-9-11-13-15-17-18-19-20-22-24-26-28-30-32-34-36(38)39-35(37)33-31-29-27-25-23-21-16-14-12-10-8-6-4-2/h17-18H,3-16,19-34H2,1-2H3. The highest BCUT2D eigenvalue weighted by Crippen LogP contribution is 2.14. The van der Waals surface area contributed by atoms with Crippen molar-refractivity contribution in [2.24, 2.45) is 0 Å². The molecule has 230 valence electrons. The quantitative estimate of drug-likeness (QED) is 0.0374. The van der Waals surface area contributed by atoms with Crippen LogP contribution >= 0.6 is 0 Å². The van der Waals surface area contributed by atoms with E-state index in [1.165, 1.54) is 154 Å². The van der Waals surface area contributed by atoms with Crippen LogP contribution in [0.15, 0.2) is 12.2 Å². The molecular formula is C36H68O3. The Hall–Kier alpha value is -1.12. The molecular weight excluding hydrogens is 480 g/mol. The molecule has 0 aromatic heterocycles. The minimum absolute atomic E-state index is 0.330. The van der Waals surface area contributed by atoms with Crippen molar-refractivity contribution in [3.63, 3.8) is 0 Å². The molecule has 0 amide bonds. The van der Waals surface area contributed by atoms with Crippen LogP contribution in [0.1, 0.15) is 206 Å². The molecule has 0 heterocycles. The highest BCUT2D eigenvalue weighted by Gasteiger charge is 2.09. The molecule has 0 aromatic rings. The first-order valence-corrected chi connectivity index (χ1v) is 17.6. The summed E-state index contributed by atoms with van der Waals surface area (Å²) in [5.41, 5.74) is 0. The van der Waals surface area contributed by atoms with Gasteiger partial charge < -0.3 is 4.74 Å². The van der Waals surface area contributed by atoms with E-state index in [4.69, 9.17) is 4.74 Å². The minimum Gasteiger partial charge on any atom is -0.393 e. The van der Waals surface area contributed by atoms with Crippen molar-refractivity contribution < 1.29 is 14.3 Å². The number of esters is 2. The molecule has 39 heavy (non-hydrogen) atoms. The van der Waals surface area contributed by atoms with E-state index in [0.717, 1.165) is 25.7 Å². The van der Waals surface area contributed by atoms with Crippen LogP contribution < -0.4 is 0 Å². The van der Waals surface area contributed by atoms with E-state index in [-0.39, 0.29) is 11.9 Å². The van der Waals surface area contributed by atoms with Crippen molar-refractivity contribution in [2.75, 3.05) is 0 Å². The Kier molecular flexibility index (Phi) is 32.1. The normalized spacial score (nSPS) is 11.4. The number of allylic oxidation sites excluding steroid dienone is 2. The maximum atomic E-state index is 11.9. The van der Waals surface area contributed by atoms with Gasteiger partial charge in [0.05, 0.1) is 0 Å². The van der Waals surface area contributed by atoms with Crippen molar-refractivity contribution >= 4 is 11.9 Å². The van der Waals surface area contributed by atoms with Gasteiger partial charge in [0.15, 0.2) is 0 Å². The molecule has 0 saturated heterocycles. The molecule has 3 nitrogen and oxygen atoms in total. The van der Waals surface area contributed by atoms with Crippen LogP contribution in [0, 0.1) is 0 Å². The highest BCUT2D eigenvalue weighted by molar-refractivity contribution is 5.85. The molecule has 0 fully saturated rings. The van der Waals surface area contributed by atoms with Crippen LogP contribution in [-0.2, 0) is 14.3 Å². The van der Waals surface area contributed by atoms with E-state index in [1.807, 2.05) is 0 Å². The molecule has 0 rings (SSSR count).